The zero-order valence-corrected chi connectivity index (χ0v) is 14.2. The van der Waals surface area contributed by atoms with Crippen LogP contribution in [0.1, 0.15) is 16.8 Å². The number of carbonyl (C=O) groups excluding carboxylic acids is 1. The van der Waals surface area contributed by atoms with E-state index in [-0.39, 0.29) is 12.0 Å². The van der Waals surface area contributed by atoms with Gasteiger partial charge in [0.1, 0.15) is 17.6 Å². The van der Waals surface area contributed by atoms with E-state index in [0.29, 0.717) is 41.8 Å². The van der Waals surface area contributed by atoms with Crippen molar-refractivity contribution in [2.45, 2.75) is 12.5 Å². The van der Waals surface area contributed by atoms with Crippen LogP contribution in [0.4, 0.5) is 5.69 Å². The van der Waals surface area contributed by atoms with Gasteiger partial charge in [-0.05, 0) is 18.2 Å². The summed E-state index contributed by atoms with van der Waals surface area (Å²) in [7, 11) is 3.10. The molecule has 1 amide bonds. The Hall–Kier alpha value is -2.80. The van der Waals surface area contributed by atoms with Crippen LogP contribution in [0.15, 0.2) is 36.5 Å². The molecular weight excluding hydrogens is 324 g/mol. The monoisotopic (exact) mass is 344 g/mol. The Labute approximate surface area is 145 Å². The highest BCUT2D eigenvalue weighted by molar-refractivity contribution is 6.04. The van der Waals surface area contributed by atoms with Gasteiger partial charge in [-0.2, -0.15) is 0 Å². The van der Waals surface area contributed by atoms with Crippen molar-refractivity contribution in [1.82, 2.24) is 4.98 Å². The third-order valence-corrected chi connectivity index (χ3v) is 3.83. The van der Waals surface area contributed by atoms with E-state index in [1.165, 1.54) is 13.3 Å². The summed E-state index contributed by atoms with van der Waals surface area (Å²) >= 11 is 0. The van der Waals surface area contributed by atoms with Gasteiger partial charge in [0, 0.05) is 24.8 Å². The highest BCUT2D eigenvalue weighted by Gasteiger charge is 2.18. The normalized spacial score (nSPS) is 16.3. The number of methoxy groups -OCH3 is 2. The Morgan fingerprint density at radius 3 is 2.76 bits per heavy atom. The summed E-state index contributed by atoms with van der Waals surface area (Å²) in [5.74, 6) is 1.36. The van der Waals surface area contributed by atoms with E-state index in [0.717, 1.165) is 6.42 Å². The first kappa shape index (κ1) is 17.0. The van der Waals surface area contributed by atoms with Crippen molar-refractivity contribution in [3.05, 3.63) is 42.1 Å². The van der Waals surface area contributed by atoms with Crippen LogP contribution in [-0.2, 0) is 4.74 Å². The molecule has 7 heteroatoms. The maximum Gasteiger partial charge on any atom is 0.257 e. The molecule has 0 spiro atoms. The quantitative estimate of drug-likeness (QED) is 0.867. The van der Waals surface area contributed by atoms with E-state index < -0.39 is 0 Å². The SMILES string of the molecule is COc1ccc(NC(=O)c2ccc(O[C@H]3CCOC3)nc2)c(OC)c1. The molecule has 1 aromatic heterocycles. The molecule has 0 unspecified atom stereocenters. The maximum atomic E-state index is 12.4. The number of pyridine rings is 1. The number of rotatable bonds is 6. The van der Waals surface area contributed by atoms with Crippen LogP contribution >= 0.6 is 0 Å². The molecule has 0 aliphatic carbocycles. The number of ether oxygens (including phenoxy) is 4. The molecule has 1 aliphatic rings. The molecule has 132 valence electrons. The van der Waals surface area contributed by atoms with E-state index in [1.807, 2.05) is 0 Å². The van der Waals surface area contributed by atoms with Crippen LogP contribution in [0.25, 0.3) is 0 Å². The van der Waals surface area contributed by atoms with Gasteiger partial charge < -0.3 is 24.3 Å². The largest absolute Gasteiger partial charge is 0.497 e. The first-order valence-corrected chi connectivity index (χ1v) is 7.93. The summed E-state index contributed by atoms with van der Waals surface area (Å²) in [5.41, 5.74) is 0.977. The highest BCUT2D eigenvalue weighted by Crippen LogP contribution is 2.29. The van der Waals surface area contributed by atoms with Crippen molar-refractivity contribution < 1.29 is 23.7 Å². The van der Waals surface area contributed by atoms with Gasteiger partial charge in [0.15, 0.2) is 0 Å². The summed E-state index contributed by atoms with van der Waals surface area (Å²) in [5, 5.41) is 2.80. The highest BCUT2D eigenvalue weighted by atomic mass is 16.5. The summed E-state index contributed by atoms with van der Waals surface area (Å²) < 4.78 is 21.4. The second-order valence-corrected chi connectivity index (χ2v) is 5.51. The molecule has 0 radical (unpaired) electrons. The average Bonchev–Trinajstić information content (AvgIpc) is 3.15. The molecule has 2 heterocycles. The summed E-state index contributed by atoms with van der Waals surface area (Å²) in [6.45, 7) is 1.27. The number of aromatic nitrogens is 1. The van der Waals surface area contributed by atoms with Gasteiger partial charge in [-0.3, -0.25) is 4.79 Å². The summed E-state index contributed by atoms with van der Waals surface area (Å²) in [6, 6.07) is 8.52. The maximum absolute atomic E-state index is 12.4. The predicted octanol–water partition coefficient (Wildman–Crippen LogP) is 2.52. The fraction of sp³-hybridized carbons (Fsp3) is 0.333. The first-order valence-electron chi connectivity index (χ1n) is 7.93. The molecule has 1 aromatic carbocycles. The van der Waals surface area contributed by atoms with E-state index in [2.05, 4.69) is 10.3 Å². The molecule has 1 saturated heterocycles. The molecule has 1 atom stereocenters. The Bertz CT molecular complexity index is 727. The number of amides is 1. The Kier molecular flexibility index (Phi) is 5.35. The Morgan fingerprint density at radius 2 is 2.12 bits per heavy atom. The van der Waals surface area contributed by atoms with Crippen LogP contribution in [0.2, 0.25) is 0 Å². The second-order valence-electron chi connectivity index (χ2n) is 5.51. The lowest BCUT2D eigenvalue weighted by atomic mass is 10.2. The lowest BCUT2D eigenvalue weighted by Crippen LogP contribution is -2.17. The Morgan fingerprint density at radius 1 is 1.24 bits per heavy atom. The van der Waals surface area contributed by atoms with Gasteiger partial charge in [-0.1, -0.05) is 0 Å². The average molecular weight is 344 g/mol. The molecule has 1 aliphatic heterocycles. The summed E-state index contributed by atoms with van der Waals surface area (Å²) in [6.07, 6.45) is 2.35. The van der Waals surface area contributed by atoms with E-state index in [9.17, 15) is 4.79 Å². The van der Waals surface area contributed by atoms with Crippen molar-refractivity contribution in [3.63, 3.8) is 0 Å². The van der Waals surface area contributed by atoms with E-state index >= 15 is 0 Å². The van der Waals surface area contributed by atoms with Crippen molar-refractivity contribution >= 4 is 11.6 Å². The zero-order valence-electron chi connectivity index (χ0n) is 14.2. The number of hydrogen-bond donors (Lipinski definition) is 1. The minimum absolute atomic E-state index is 0.0238. The van der Waals surface area contributed by atoms with Crippen molar-refractivity contribution in [2.75, 3.05) is 32.8 Å². The number of carbonyl (C=O) groups is 1. The molecule has 1 fully saturated rings. The topological polar surface area (TPSA) is 78.9 Å². The molecular formula is C18H20N2O5. The van der Waals surface area contributed by atoms with Crippen LogP contribution < -0.4 is 19.5 Å². The lowest BCUT2D eigenvalue weighted by Gasteiger charge is -2.12. The van der Waals surface area contributed by atoms with E-state index in [4.69, 9.17) is 18.9 Å². The van der Waals surface area contributed by atoms with Crippen LogP contribution in [0.5, 0.6) is 17.4 Å². The molecule has 0 saturated carbocycles. The third-order valence-electron chi connectivity index (χ3n) is 3.83. The molecule has 7 nitrogen and oxygen atoms in total. The fourth-order valence-corrected chi connectivity index (χ4v) is 2.46. The predicted molar refractivity (Wildman–Crippen MR) is 91.6 cm³/mol. The van der Waals surface area contributed by atoms with Gasteiger partial charge in [-0.25, -0.2) is 4.98 Å². The minimum atomic E-state index is -0.285. The molecule has 25 heavy (non-hydrogen) atoms. The van der Waals surface area contributed by atoms with Gasteiger partial charge in [-0.15, -0.1) is 0 Å². The lowest BCUT2D eigenvalue weighted by molar-refractivity contribution is 0.102. The molecule has 2 aromatic rings. The number of hydrogen-bond acceptors (Lipinski definition) is 6. The minimum Gasteiger partial charge on any atom is -0.497 e. The van der Waals surface area contributed by atoms with Crippen LogP contribution in [0, 0.1) is 0 Å². The third kappa shape index (κ3) is 4.19. The van der Waals surface area contributed by atoms with Gasteiger partial charge >= 0.3 is 0 Å². The van der Waals surface area contributed by atoms with Crippen molar-refractivity contribution in [1.29, 1.82) is 0 Å². The smallest absolute Gasteiger partial charge is 0.257 e. The fourth-order valence-electron chi connectivity index (χ4n) is 2.46. The van der Waals surface area contributed by atoms with Crippen molar-refractivity contribution in [2.24, 2.45) is 0 Å². The van der Waals surface area contributed by atoms with Gasteiger partial charge in [0.25, 0.3) is 5.91 Å². The number of benzene rings is 1. The molecule has 0 bridgehead atoms. The standard InChI is InChI=1S/C18H20N2O5/c1-22-13-4-5-15(16(9-13)23-2)20-18(21)12-3-6-17(19-10-12)25-14-7-8-24-11-14/h3-6,9-10,14H,7-8,11H2,1-2H3,(H,20,21)/t14-/m0/s1. The number of anilines is 1. The first-order chi connectivity index (χ1) is 12.2. The van der Waals surface area contributed by atoms with Gasteiger partial charge in [0.05, 0.1) is 38.7 Å². The van der Waals surface area contributed by atoms with E-state index in [1.54, 1.807) is 37.4 Å². The van der Waals surface area contributed by atoms with Crippen LogP contribution in [-0.4, -0.2) is 44.4 Å². The molecule has 3 rings (SSSR count). The zero-order chi connectivity index (χ0) is 17.6. The Balaban J connectivity index is 1.66. The summed E-state index contributed by atoms with van der Waals surface area (Å²) in [4.78, 5) is 16.6. The van der Waals surface area contributed by atoms with Gasteiger partial charge in [0.2, 0.25) is 5.88 Å². The number of nitrogens with one attached hydrogen (secondary N) is 1. The van der Waals surface area contributed by atoms with Crippen LogP contribution in [0.3, 0.4) is 0 Å². The second kappa shape index (κ2) is 7.85. The molecule has 1 N–H and O–H groups in total. The van der Waals surface area contributed by atoms with Crippen molar-refractivity contribution in [3.8, 4) is 17.4 Å². The number of nitrogens with zero attached hydrogens (tertiary/aromatic N) is 1.